The second kappa shape index (κ2) is 7.69. The van der Waals surface area contributed by atoms with Gasteiger partial charge in [0.1, 0.15) is 11.5 Å². The molecule has 10 heteroatoms. The molecule has 0 fully saturated rings. The Bertz CT molecular complexity index is 1120. The van der Waals surface area contributed by atoms with Crippen molar-refractivity contribution in [1.29, 1.82) is 0 Å². The summed E-state index contributed by atoms with van der Waals surface area (Å²) in [5, 5.41) is 19.7. The van der Waals surface area contributed by atoms with Crippen molar-refractivity contribution in [3.05, 3.63) is 48.2 Å². The highest BCUT2D eigenvalue weighted by Gasteiger charge is 2.13. The molecular formula is C18H16N6O3S. The average Bonchev–Trinajstić information content (AvgIpc) is 3.31. The number of aryl methyl sites for hydroxylation is 1. The van der Waals surface area contributed by atoms with Crippen LogP contribution in [0.5, 0.6) is 5.75 Å². The normalized spacial score (nSPS) is 10.9. The third kappa shape index (κ3) is 3.81. The van der Waals surface area contributed by atoms with Gasteiger partial charge in [0.15, 0.2) is 11.5 Å². The average molecular weight is 396 g/mol. The molecule has 0 atom stereocenters. The van der Waals surface area contributed by atoms with E-state index in [9.17, 15) is 4.79 Å². The van der Waals surface area contributed by atoms with Crippen LogP contribution in [-0.2, 0) is 4.79 Å². The largest absolute Gasteiger partial charge is 0.497 e. The van der Waals surface area contributed by atoms with Gasteiger partial charge in [0.2, 0.25) is 11.1 Å². The van der Waals surface area contributed by atoms with Crippen LogP contribution in [0.2, 0.25) is 0 Å². The number of nitrogens with one attached hydrogen (secondary N) is 1. The van der Waals surface area contributed by atoms with Gasteiger partial charge in [-0.2, -0.15) is 9.61 Å². The van der Waals surface area contributed by atoms with E-state index in [2.05, 4.69) is 25.8 Å². The molecule has 4 aromatic rings. The predicted molar refractivity (Wildman–Crippen MR) is 103 cm³/mol. The molecule has 28 heavy (non-hydrogen) atoms. The van der Waals surface area contributed by atoms with E-state index in [4.69, 9.17) is 9.26 Å². The van der Waals surface area contributed by atoms with E-state index < -0.39 is 0 Å². The molecule has 3 aromatic heterocycles. The van der Waals surface area contributed by atoms with Gasteiger partial charge in [0, 0.05) is 11.6 Å². The van der Waals surface area contributed by atoms with Crippen LogP contribution < -0.4 is 10.1 Å². The minimum absolute atomic E-state index is 0.140. The van der Waals surface area contributed by atoms with Crippen LogP contribution in [0.1, 0.15) is 5.76 Å². The highest BCUT2D eigenvalue weighted by atomic mass is 32.2. The lowest BCUT2D eigenvalue weighted by Gasteiger charge is -2.04. The lowest BCUT2D eigenvalue weighted by Crippen LogP contribution is -2.14. The van der Waals surface area contributed by atoms with Gasteiger partial charge in [0.25, 0.3) is 0 Å². The number of rotatable bonds is 6. The number of benzene rings is 1. The van der Waals surface area contributed by atoms with Crippen molar-refractivity contribution in [2.24, 2.45) is 0 Å². The Hall–Kier alpha value is -3.40. The molecule has 0 aliphatic rings. The van der Waals surface area contributed by atoms with Gasteiger partial charge in [-0.15, -0.1) is 10.2 Å². The number of thioether (sulfide) groups is 1. The second-order valence-corrected chi connectivity index (χ2v) is 6.80. The maximum absolute atomic E-state index is 12.1. The molecular weight excluding hydrogens is 380 g/mol. The smallest absolute Gasteiger partial charge is 0.236 e. The third-order valence-corrected chi connectivity index (χ3v) is 4.77. The maximum atomic E-state index is 12.1. The van der Waals surface area contributed by atoms with Crippen LogP contribution in [0.3, 0.4) is 0 Å². The zero-order valence-corrected chi connectivity index (χ0v) is 15.9. The molecule has 0 saturated carbocycles. The molecule has 0 spiro atoms. The van der Waals surface area contributed by atoms with E-state index in [1.807, 2.05) is 36.4 Å². The molecule has 0 aliphatic heterocycles. The number of aromatic nitrogens is 5. The summed E-state index contributed by atoms with van der Waals surface area (Å²) < 4.78 is 11.7. The Balaban J connectivity index is 1.50. The summed E-state index contributed by atoms with van der Waals surface area (Å²) in [6.45, 7) is 1.76. The predicted octanol–water partition coefficient (Wildman–Crippen LogP) is 2.83. The molecule has 1 aromatic carbocycles. The number of ether oxygens (including phenoxy) is 1. The number of amides is 1. The maximum Gasteiger partial charge on any atom is 0.236 e. The van der Waals surface area contributed by atoms with Crippen molar-refractivity contribution in [3.63, 3.8) is 0 Å². The van der Waals surface area contributed by atoms with E-state index in [-0.39, 0.29) is 11.7 Å². The number of hydrogen-bond acceptors (Lipinski definition) is 8. The molecule has 0 unspecified atom stereocenters. The van der Waals surface area contributed by atoms with Gasteiger partial charge in [-0.05, 0) is 43.3 Å². The summed E-state index contributed by atoms with van der Waals surface area (Å²) in [6.07, 6.45) is 0. The van der Waals surface area contributed by atoms with Crippen molar-refractivity contribution in [2.45, 2.75) is 12.1 Å². The van der Waals surface area contributed by atoms with Crippen LogP contribution in [0.25, 0.3) is 16.9 Å². The molecule has 1 amide bonds. The van der Waals surface area contributed by atoms with Crippen LogP contribution in [-0.4, -0.2) is 43.7 Å². The molecule has 3 heterocycles. The van der Waals surface area contributed by atoms with Crippen molar-refractivity contribution in [1.82, 2.24) is 25.0 Å². The number of nitrogens with zero attached hydrogens (tertiary/aromatic N) is 5. The van der Waals surface area contributed by atoms with Crippen molar-refractivity contribution >= 4 is 29.1 Å². The fraction of sp³-hybridized carbons (Fsp3) is 0.167. The van der Waals surface area contributed by atoms with Gasteiger partial charge in [-0.3, -0.25) is 4.79 Å². The van der Waals surface area contributed by atoms with Gasteiger partial charge in [-0.1, -0.05) is 16.9 Å². The molecule has 142 valence electrons. The summed E-state index contributed by atoms with van der Waals surface area (Å²) in [6, 6.07) is 13.0. The summed E-state index contributed by atoms with van der Waals surface area (Å²) in [5.41, 5.74) is 2.30. The van der Waals surface area contributed by atoms with Crippen molar-refractivity contribution in [2.75, 3.05) is 18.2 Å². The Kier molecular flexibility index (Phi) is 4.94. The van der Waals surface area contributed by atoms with E-state index in [0.717, 1.165) is 17.0 Å². The number of hydrogen-bond donors (Lipinski definition) is 1. The molecule has 9 nitrogen and oxygen atoms in total. The minimum Gasteiger partial charge on any atom is -0.497 e. The highest BCUT2D eigenvalue weighted by molar-refractivity contribution is 7.99. The number of anilines is 1. The summed E-state index contributed by atoms with van der Waals surface area (Å²) in [5.74, 6) is 1.71. The SMILES string of the molecule is COc1ccc(-c2ccc3nnc(SCC(=O)Nc4cc(C)on4)n3n2)cc1. The standard InChI is InChI=1S/C18H16N6O3S/c1-11-9-15(23-27-11)19-17(25)10-28-18-21-20-16-8-7-14(22-24(16)18)12-3-5-13(26-2)6-4-12/h3-9H,10H2,1-2H3,(H,19,23,25). The van der Waals surface area contributed by atoms with Gasteiger partial charge in [0.05, 0.1) is 18.6 Å². The fourth-order valence-corrected chi connectivity index (χ4v) is 3.20. The Morgan fingerprint density at radius 2 is 2.04 bits per heavy atom. The van der Waals surface area contributed by atoms with Crippen molar-refractivity contribution < 1.29 is 14.1 Å². The fourth-order valence-electron chi connectivity index (χ4n) is 2.51. The molecule has 0 radical (unpaired) electrons. The Labute approximate surface area is 164 Å². The molecule has 0 bridgehead atoms. The molecule has 0 aliphatic carbocycles. The van der Waals surface area contributed by atoms with Crippen LogP contribution in [0.4, 0.5) is 5.82 Å². The lowest BCUT2D eigenvalue weighted by atomic mass is 10.1. The minimum atomic E-state index is -0.221. The molecule has 0 saturated heterocycles. The quantitative estimate of drug-likeness (QED) is 0.496. The molecule has 4 rings (SSSR count). The van der Waals surface area contributed by atoms with Gasteiger partial charge < -0.3 is 14.6 Å². The topological polar surface area (TPSA) is 107 Å². The first-order chi connectivity index (χ1) is 13.6. The second-order valence-electron chi connectivity index (χ2n) is 5.86. The lowest BCUT2D eigenvalue weighted by molar-refractivity contribution is -0.113. The van der Waals surface area contributed by atoms with Crippen LogP contribution >= 0.6 is 11.8 Å². The van der Waals surface area contributed by atoms with E-state index >= 15 is 0 Å². The summed E-state index contributed by atoms with van der Waals surface area (Å²) in [4.78, 5) is 12.1. The Morgan fingerprint density at radius 3 is 2.75 bits per heavy atom. The monoisotopic (exact) mass is 396 g/mol. The zero-order chi connectivity index (χ0) is 19.5. The summed E-state index contributed by atoms with van der Waals surface area (Å²) in [7, 11) is 1.62. The Morgan fingerprint density at radius 1 is 1.21 bits per heavy atom. The van der Waals surface area contributed by atoms with Crippen LogP contribution in [0.15, 0.2) is 52.1 Å². The first-order valence-corrected chi connectivity index (χ1v) is 9.34. The first kappa shape index (κ1) is 18.0. The molecule has 1 N–H and O–H groups in total. The highest BCUT2D eigenvalue weighted by Crippen LogP contribution is 2.23. The van der Waals surface area contributed by atoms with Crippen molar-refractivity contribution in [3.8, 4) is 17.0 Å². The van der Waals surface area contributed by atoms with Gasteiger partial charge >= 0.3 is 0 Å². The van der Waals surface area contributed by atoms with E-state index in [1.54, 1.807) is 24.6 Å². The van der Waals surface area contributed by atoms with Gasteiger partial charge in [-0.25, -0.2) is 0 Å². The van der Waals surface area contributed by atoms with Crippen LogP contribution in [0, 0.1) is 6.92 Å². The number of methoxy groups -OCH3 is 1. The van der Waals surface area contributed by atoms with E-state index in [0.29, 0.717) is 22.4 Å². The number of fused-ring (bicyclic) bond motifs is 1. The zero-order valence-electron chi connectivity index (χ0n) is 15.1. The number of carbonyl (C=O) groups is 1. The number of carbonyl (C=O) groups excluding carboxylic acids is 1. The third-order valence-electron chi connectivity index (χ3n) is 3.85. The summed E-state index contributed by atoms with van der Waals surface area (Å²) >= 11 is 1.24. The van der Waals surface area contributed by atoms with E-state index in [1.165, 1.54) is 11.8 Å². The first-order valence-electron chi connectivity index (χ1n) is 8.35.